The van der Waals surface area contributed by atoms with Gasteiger partial charge in [-0.15, -0.1) is 0 Å². The van der Waals surface area contributed by atoms with Crippen LogP contribution in [0, 0.1) is 6.92 Å². The van der Waals surface area contributed by atoms with Gasteiger partial charge in [0.15, 0.2) is 0 Å². The minimum atomic E-state index is -3.48. The monoisotopic (exact) mass is 381 g/mol. The van der Waals surface area contributed by atoms with Crippen molar-refractivity contribution < 1.29 is 13.2 Å². The van der Waals surface area contributed by atoms with Crippen molar-refractivity contribution in [2.45, 2.75) is 19.8 Å². The molecular weight excluding hydrogens is 362 g/mol. The lowest BCUT2D eigenvalue weighted by molar-refractivity contribution is -0.116. The number of aryl methyl sites for hydroxylation is 1. The average molecular weight is 382 g/mol. The first-order valence-electron chi connectivity index (χ1n) is 7.71. The first kappa shape index (κ1) is 19.2. The second-order valence-electron chi connectivity index (χ2n) is 5.66. The molecule has 25 heavy (non-hydrogen) atoms. The van der Waals surface area contributed by atoms with Crippen LogP contribution in [-0.4, -0.2) is 32.1 Å². The number of rotatable bonds is 7. The van der Waals surface area contributed by atoms with Gasteiger partial charge in [-0.25, -0.2) is 8.42 Å². The molecule has 0 saturated carbocycles. The summed E-state index contributed by atoms with van der Waals surface area (Å²) in [6.45, 7) is 2.01. The number of pyridine rings is 1. The Kier molecular flexibility index (Phi) is 6.39. The first-order chi connectivity index (χ1) is 11.8. The summed E-state index contributed by atoms with van der Waals surface area (Å²) in [5.41, 5.74) is 1.94. The van der Waals surface area contributed by atoms with Gasteiger partial charge in [0, 0.05) is 24.2 Å². The van der Waals surface area contributed by atoms with Crippen molar-refractivity contribution >= 4 is 38.9 Å². The van der Waals surface area contributed by atoms with Gasteiger partial charge in [-0.3, -0.25) is 14.1 Å². The number of amides is 1. The zero-order chi connectivity index (χ0) is 18.4. The summed E-state index contributed by atoms with van der Waals surface area (Å²) < 4.78 is 25.6. The van der Waals surface area contributed by atoms with Gasteiger partial charge in [0.25, 0.3) is 0 Å². The maximum atomic E-state index is 12.1. The van der Waals surface area contributed by atoms with E-state index in [1.165, 1.54) is 4.31 Å². The molecule has 2 rings (SSSR count). The van der Waals surface area contributed by atoms with Crippen molar-refractivity contribution in [2.75, 3.05) is 22.4 Å². The Hall–Kier alpha value is -2.12. The zero-order valence-electron chi connectivity index (χ0n) is 14.1. The van der Waals surface area contributed by atoms with Gasteiger partial charge < -0.3 is 5.32 Å². The molecule has 1 aromatic carbocycles. The Labute approximate surface area is 152 Å². The topological polar surface area (TPSA) is 79.4 Å². The molecular formula is C17H20ClN3O3S. The number of hydrogen-bond acceptors (Lipinski definition) is 4. The van der Waals surface area contributed by atoms with E-state index in [0.29, 0.717) is 22.8 Å². The van der Waals surface area contributed by atoms with E-state index in [9.17, 15) is 13.2 Å². The van der Waals surface area contributed by atoms with Gasteiger partial charge in [0.2, 0.25) is 15.9 Å². The number of carbonyl (C=O) groups excluding carboxylic acids is 1. The third-order valence-electron chi connectivity index (χ3n) is 3.55. The molecule has 2 aromatic rings. The number of hydrogen-bond donors (Lipinski definition) is 1. The minimum absolute atomic E-state index is 0.190. The number of sulfonamides is 1. The largest absolute Gasteiger partial charge is 0.325 e. The highest BCUT2D eigenvalue weighted by molar-refractivity contribution is 7.92. The fourth-order valence-corrected chi connectivity index (χ4v) is 3.54. The van der Waals surface area contributed by atoms with E-state index >= 15 is 0 Å². The summed E-state index contributed by atoms with van der Waals surface area (Å²) in [5.74, 6) is -0.190. The molecule has 0 fully saturated rings. The molecule has 1 amide bonds. The molecule has 6 nitrogen and oxygen atoms in total. The Bertz CT molecular complexity index is 841. The van der Waals surface area contributed by atoms with Crippen LogP contribution in [0.25, 0.3) is 0 Å². The van der Waals surface area contributed by atoms with Crippen molar-refractivity contribution in [2.24, 2.45) is 0 Å². The summed E-state index contributed by atoms with van der Waals surface area (Å²) in [5, 5.41) is 3.19. The van der Waals surface area contributed by atoms with Crippen LogP contribution in [0.5, 0.6) is 0 Å². The normalized spacial score (nSPS) is 11.2. The molecule has 0 unspecified atom stereocenters. The molecule has 0 radical (unpaired) electrons. The number of benzene rings is 1. The fraction of sp³-hybridized carbons (Fsp3) is 0.294. The highest BCUT2D eigenvalue weighted by Crippen LogP contribution is 2.26. The van der Waals surface area contributed by atoms with E-state index in [-0.39, 0.29) is 18.9 Å². The quantitative estimate of drug-likeness (QED) is 0.798. The standard InChI is InChI=1S/C17H20ClN3O3S/c1-13-7-8-14(18)11-16(13)21(25(2,23)24)10-4-6-17(22)20-15-5-3-9-19-12-15/h3,5,7-9,11-12H,4,6,10H2,1-2H3,(H,20,22). The average Bonchev–Trinajstić information content (AvgIpc) is 2.54. The van der Waals surface area contributed by atoms with Gasteiger partial charge >= 0.3 is 0 Å². The van der Waals surface area contributed by atoms with E-state index in [4.69, 9.17) is 11.6 Å². The second-order valence-corrected chi connectivity index (χ2v) is 8.00. The second kappa shape index (κ2) is 8.31. The molecule has 1 heterocycles. The summed E-state index contributed by atoms with van der Waals surface area (Å²) in [6, 6.07) is 8.56. The molecule has 0 aliphatic carbocycles. The van der Waals surface area contributed by atoms with Crippen LogP contribution in [0.4, 0.5) is 11.4 Å². The number of nitrogens with zero attached hydrogens (tertiary/aromatic N) is 2. The maximum Gasteiger partial charge on any atom is 0.232 e. The van der Waals surface area contributed by atoms with Crippen molar-refractivity contribution in [3.63, 3.8) is 0 Å². The number of halogens is 1. The van der Waals surface area contributed by atoms with Crippen LogP contribution < -0.4 is 9.62 Å². The number of anilines is 2. The SMILES string of the molecule is Cc1ccc(Cl)cc1N(CCCC(=O)Nc1cccnc1)S(C)(=O)=O. The van der Waals surface area contributed by atoms with Crippen LogP contribution in [0.2, 0.25) is 5.02 Å². The summed E-state index contributed by atoms with van der Waals surface area (Å²) in [4.78, 5) is 15.9. The third-order valence-corrected chi connectivity index (χ3v) is 4.97. The lowest BCUT2D eigenvalue weighted by atomic mass is 10.2. The summed E-state index contributed by atoms with van der Waals surface area (Å²) in [6.07, 6.45) is 4.89. The molecule has 0 saturated heterocycles. The molecule has 0 atom stereocenters. The van der Waals surface area contributed by atoms with Gasteiger partial charge in [-0.1, -0.05) is 17.7 Å². The van der Waals surface area contributed by atoms with E-state index in [1.807, 2.05) is 6.92 Å². The predicted molar refractivity (Wildman–Crippen MR) is 100 cm³/mol. The Morgan fingerprint density at radius 1 is 1.32 bits per heavy atom. The van der Waals surface area contributed by atoms with E-state index in [1.54, 1.807) is 42.7 Å². The number of carbonyl (C=O) groups is 1. The summed E-state index contributed by atoms with van der Waals surface area (Å²) >= 11 is 5.99. The van der Waals surface area contributed by atoms with Crippen LogP contribution in [-0.2, 0) is 14.8 Å². The van der Waals surface area contributed by atoms with Gasteiger partial charge in [0.05, 0.1) is 23.8 Å². The van der Waals surface area contributed by atoms with Crippen LogP contribution in [0.1, 0.15) is 18.4 Å². The fourth-order valence-electron chi connectivity index (χ4n) is 2.36. The number of nitrogens with one attached hydrogen (secondary N) is 1. The van der Waals surface area contributed by atoms with Crippen LogP contribution in [0.15, 0.2) is 42.7 Å². The van der Waals surface area contributed by atoms with Gasteiger partial charge in [-0.2, -0.15) is 0 Å². The van der Waals surface area contributed by atoms with E-state index in [0.717, 1.165) is 11.8 Å². The summed E-state index contributed by atoms with van der Waals surface area (Å²) in [7, 11) is -3.48. The zero-order valence-corrected chi connectivity index (χ0v) is 15.6. The molecule has 134 valence electrons. The smallest absolute Gasteiger partial charge is 0.232 e. The molecule has 0 spiro atoms. The highest BCUT2D eigenvalue weighted by atomic mass is 35.5. The Morgan fingerprint density at radius 2 is 2.08 bits per heavy atom. The third kappa shape index (κ3) is 5.72. The maximum absolute atomic E-state index is 12.1. The Morgan fingerprint density at radius 3 is 2.72 bits per heavy atom. The predicted octanol–water partition coefficient (Wildman–Crippen LogP) is 3.23. The first-order valence-corrected chi connectivity index (χ1v) is 9.94. The van der Waals surface area contributed by atoms with Gasteiger partial charge in [-0.05, 0) is 43.2 Å². The molecule has 0 aliphatic heterocycles. The van der Waals surface area contributed by atoms with Crippen LogP contribution in [0.3, 0.4) is 0 Å². The number of aromatic nitrogens is 1. The van der Waals surface area contributed by atoms with Gasteiger partial charge in [0.1, 0.15) is 0 Å². The van der Waals surface area contributed by atoms with Crippen molar-refractivity contribution in [1.82, 2.24) is 4.98 Å². The molecule has 0 aliphatic rings. The van der Waals surface area contributed by atoms with E-state index in [2.05, 4.69) is 10.3 Å². The molecule has 1 aromatic heterocycles. The molecule has 8 heteroatoms. The van der Waals surface area contributed by atoms with Crippen molar-refractivity contribution in [3.8, 4) is 0 Å². The highest BCUT2D eigenvalue weighted by Gasteiger charge is 2.19. The minimum Gasteiger partial charge on any atom is -0.325 e. The van der Waals surface area contributed by atoms with E-state index < -0.39 is 10.0 Å². The lowest BCUT2D eigenvalue weighted by Gasteiger charge is -2.24. The Balaban J connectivity index is 2.02. The molecule has 1 N–H and O–H groups in total. The van der Waals surface area contributed by atoms with Crippen molar-refractivity contribution in [3.05, 3.63) is 53.3 Å². The van der Waals surface area contributed by atoms with Crippen LogP contribution >= 0.6 is 11.6 Å². The lowest BCUT2D eigenvalue weighted by Crippen LogP contribution is -2.32. The molecule has 0 bridgehead atoms. The van der Waals surface area contributed by atoms with Crippen molar-refractivity contribution in [1.29, 1.82) is 0 Å².